The Hall–Kier alpha value is -1.93. The number of aromatic nitrogens is 2. The molecule has 1 saturated heterocycles. The number of nitrogens with one attached hydrogen (secondary N) is 1. The average molecular weight is 335 g/mol. The van der Waals surface area contributed by atoms with Crippen LogP contribution in [0.1, 0.15) is 18.3 Å². The Balaban J connectivity index is 1.53. The fourth-order valence-electron chi connectivity index (χ4n) is 2.60. The molecule has 1 fully saturated rings. The number of hydrogen-bond donors (Lipinski definition) is 1. The van der Waals surface area contributed by atoms with Crippen molar-refractivity contribution in [2.45, 2.75) is 26.8 Å². The number of carbonyl (C=O) groups excluding carboxylic acids is 1. The zero-order chi connectivity index (χ0) is 16.4. The highest BCUT2D eigenvalue weighted by molar-refractivity contribution is 7.13. The summed E-state index contributed by atoms with van der Waals surface area (Å²) < 4.78 is 5.03. The number of piperazine rings is 1. The van der Waals surface area contributed by atoms with E-state index in [0.717, 1.165) is 42.7 Å². The molecule has 0 aromatic carbocycles. The molecular weight excluding hydrogens is 314 g/mol. The first-order valence-electron chi connectivity index (χ1n) is 7.68. The summed E-state index contributed by atoms with van der Waals surface area (Å²) in [5, 5.41) is 9.68. The Morgan fingerprint density at radius 3 is 2.61 bits per heavy atom. The highest BCUT2D eigenvalue weighted by Crippen LogP contribution is 2.22. The normalized spacial score (nSPS) is 17.3. The monoisotopic (exact) mass is 335 g/mol. The predicted octanol–water partition coefficient (Wildman–Crippen LogP) is 1.90. The smallest absolute Gasteiger partial charge is 0.243 e. The zero-order valence-corrected chi connectivity index (χ0v) is 14.4. The van der Waals surface area contributed by atoms with E-state index in [0.29, 0.717) is 5.88 Å². The van der Waals surface area contributed by atoms with Gasteiger partial charge in [-0.1, -0.05) is 5.16 Å². The zero-order valence-electron chi connectivity index (χ0n) is 13.6. The van der Waals surface area contributed by atoms with Crippen LogP contribution in [0.3, 0.4) is 0 Å². The maximum absolute atomic E-state index is 12.3. The standard InChI is InChI=1S/C15H21N5O2S/c1-10-8-13(22-18-10)17-14(21)12(3)19-4-6-20(7-5-19)15-16-11(2)9-23-15/h8-9,12H,4-7H2,1-3H3,(H,17,21)/t12-/m0/s1. The van der Waals surface area contributed by atoms with E-state index in [9.17, 15) is 4.79 Å². The van der Waals surface area contributed by atoms with E-state index in [1.54, 1.807) is 17.4 Å². The van der Waals surface area contributed by atoms with Crippen molar-refractivity contribution >= 4 is 28.3 Å². The molecule has 3 heterocycles. The molecule has 0 aliphatic carbocycles. The highest BCUT2D eigenvalue weighted by Gasteiger charge is 2.27. The maximum Gasteiger partial charge on any atom is 0.243 e. The molecule has 7 nitrogen and oxygen atoms in total. The van der Waals surface area contributed by atoms with Crippen molar-refractivity contribution < 1.29 is 9.32 Å². The van der Waals surface area contributed by atoms with Crippen LogP contribution in [0.5, 0.6) is 0 Å². The molecule has 0 bridgehead atoms. The van der Waals surface area contributed by atoms with Crippen molar-refractivity contribution in [3.8, 4) is 0 Å². The van der Waals surface area contributed by atoms with Crippen LogP contribution >= 0.6 is 11.3 Å². The molecule has 2 aromatic rings. The minimum atomic E-state index is -0.208. The van der Waals surface area contributed by atoms with Gasteiger partial charge in [0.25, 0.3) is 0 Å². The molecule has 124 valence electrons. The lowest BCUT2D eigenvalue weighted by Crippen LogP contribution is -2.52. The molecule has 23 heavy (non-hydrogen) atoms. The van der Waals surface area contributed by atoms with Crippen LogP contribution in [0.4, 0.5) is 11.0 Å². The Kier molecular flexibility index (Phi) is 4.63. The molecular formula is C15H21N5O2S. The Morgan fingerprint density at radius 1 is 1.30 bits per heavy atom. The number of anilines is 2. The number of thiazole rings is 1. The summed E-state index contributed by atoms with van der Waals surface area (Å²) in [4.78, 5) is 21.3. The average Bonchev–Trinajstić information content (AvgIpc) is 3.15. The minimum absolute atomic E-state index is 0.0697. The van der Waals surface area contributed by atoms with E-state index in [4.69, 9.17) is 4.52 Å². The van der Waals surface area contributed by atoms with Gasteiger partial charge in [-0.2, -0.15) is 0 Å². The van der Waals surface area contributed by atoms with E-state index < -0.39 is 0 Å². The summed E-state index contributed by atoms with van der Waals surface area (Å²) in [7, 11) is 0. The van der Waals surface area contributed by atoms with Crippen molar-refractivity contribution in [3.63, 3.8) is 0 Å². The second-order valence-corrected chi connectivity index (χ2v) is 6.63. The van der Waals surface area contributed by atoms with Crippen molar-refractivity contribution in [1.29, 1.82) is 0 Å². The van der Waals surface area contributed by atoms with Gasteiger partial charge in [0, 0.05) is 37.6 Å². The maximum atomic E-state index is 12.3. The lowest BCUT2D eigenvalue weighted by Gasteiger charge is -2.37. The largest absolute Gasteiger partial charge is 0.346 e. The molecule has 8 heteroatoms. The van der Waals surface area contributed by atoms with Crippen LogP contribution in [-0.4, -0.2) is 53.2 Å². The van der Waals surface area contributed by atoms with E-state index in [1.807, 2.05) is 20.8 Å². The second kappa shape index (κ2) is 6.67. The fourth-order valence-corrected chi connectivity index (χ4v) is 3.46. The van der Waals surface area contributed by atoms with Crippen molar-refractivity contribution in [3.05, 3.63) is 22.8 Å². The second-order valence-electron chi connectivity index (χ2n) is 5.79. The van der Waals surface area contributed by atoms with Crippen molar-refractivity contribution in [2.75, 3.05) is 36.4 Å². The summed E-state index contributed by atoms with van der Waals surface area (Å²) in [6.45, 7) is 9.18. The summed E-state index contributed by atoms with van der Waals surface area (Å²) >= 11 is 1.67. The quantitative estimate of drug-likeness (QED) is 0.920. The lowest BCUT2D eigenvalue weighted by molar-refractivity contribution is -0.121. The van der Waals surface area contributed by atoms with Crippen LogP contribution in [0.25, 0.3) is 0 Å². The highest BCUT2D eigenvalue weighted by atomic mass is 32.1. The predicted molar refractivity (Wildman–Crippen MR) is 90.0 cm³/mol. The first-order chi connectivity index (χ1) is 11.0. The first kappa shape index (κ1) is 15.9. The third-order valence-corrected chi connectivity index (χ3v) is 5.01. The summed E-state index contributed by atoms with van der Waals surface area (Å²) in [6.07, 6.45) is 0. The van der Waals surface area contributed by atoms with Crippen LogP contribution < -0.4 is 10.2 Å². The molecule has 0 unspecified atom stereocenters. The van der Waals surface area contributed by atoms with Gasteiger partial charge in [-0.15, -0.1) is 11.3 Å². The number of nitrogens with zero attached hydrogens (tertiary/aromatic N) is 4. The van der Waals surface area contributed by atoms with E-state index in [-0.39, 0.29) is 11.9 Å². The minimum Gasteiger partial charge on any atom is -0.346 e. The third-order valence-electron chi connectivity index (χ3n) is 3.99. The number of carbonyl (C=O) groups is 1. The number of amides is 1. The van der Waals surface area contributed by atoms with Gasteiger partial charge >= 0.3 is 0 Å². The van der Waals surface area contributed by atoms with Gasteiger partial charge in [-0.3, -0.25) is 15.0 Å². The number of hydrogen-bond acceptors (Lipinski definition) is 7. The molecule has 1 N–H and O–H groups in total. The van der Waals surface area contributed by atoms with Gasteiger partial charge in [0.15, 0.2) is 5.13 Å². The fraction of sp³-hybridized carbons (Fsp3) is 0.533. The summed E-state index contributed by atoms with van der Waals surface area (Å²) in [6, 6.07) is 1.51. The molecule has 3 rings (SSSR count). The van der Waals surface area contributed by atoms with Crippen LogP contribution in [0.2, 0.25) is 0 Å². The summed E-state index contributed by atoms with van der Waals surface area (Å²) in [5.41, 5.74) is 1.81. The van der Waals surface area contributed by atoms with Crippen LogP contribution in [0.15, 0.2) is 16.0 Å². The Bertz CT molecular complexity index is 675. The number of aryl methyl sites for hydroxylation is 2. The first-order valence-corrected chi connectivity index (χ1v) is 8.56. The lowest BCUT2D eigenvalue weighted by atomic mass is 10.2. The van der Waals surface area contributed by atoms with Gasteiger partial charge < -0.3 is 9.42 Å². The van der Waals surface area contributed by atoms with Gasteiger partial charge in [0.1, 0.15) is 0 Å². The van der Waals surface area contributed by atoms with Gasteiger partial charge in [0.05, 0.1) is 17.4 Å². The molecule has 1 aliphatic heterocycles. The molecule has 0 spiro atoms. The third kappa shape index (κ3) is 3.70. The van der Waals surface area contributed by atoms with Gasteiger partial charge in [-0.05, 0) is 20.8 Å². The van der Waals surface area contributed by atoms with E-state index in [1.165, 1.54) is 0 Å². The van der Waals surface area contributed by atoms with E-state index in [2.05, 4.69) is 30.6 Å². The molecule has 1 amide bonds. The Morgan fingerprint density at radius 2 is 2.04 bits per heavy atom. The summed E-state index contributed by atoms with van der Waals surface area (Å²) in [5.74, 6) is 0.330. The molecule has 0 radical (unpaired) electrons. The molecule has 0 saturated carbocycles. The van der Waals surface area contributed by atoms with Crippen molar-refractivity contribution in [1.82, 2.24) is 15.0 Å². The van der Waals surface area contributed by atoms with Crippen molar-refractivity contribution in [2.24, 2.45) is 0 Å². The molecule has 2 aromatic heterocycles. The van der Waals surface area contributed by atoms with Gasteiger partial charge in [0.2, 0.25) is 11.8 Å². The van der Waals surface area contributed by atoms with Gasteiger partial charge in [-0.25, -0.2) is 4.98 Å². The molecule has 1 atom stereocenters. The number of rotatable bonds is 4. The SMILES string of the molecule is Cc1cc(NC(=O)[C@H](C)N2CCN(c3nc(C)cs3)CC2)on1. The van der Waals surface area contributed by atoms with Crippen LogP contribution in [0, 0.1) is 13.8 Å². The molecule has 1 aliphatic rings. The van der Waals surface area contributed by atoms with Crippen LogP contribution in [-0.2, 0) is 4.79 Å². The van der Waals surface area contributed by atoms with E-state index >= 15 is 0 Å². The Labute approximate surface area is 139 Å². The topological polar surface area (TPSA) is 74.5 Å².